The van der Waals surface area contributed by atoms with Crippen molar-refractivity contribution in [3.63, 3.8) is 0 Å². The Bertz CT molecular complexity index is 1090. The molecule has 1 aromatic carbocycles. The Morgan fingerprint density at radius 2 is 1.97 bits per heavy atom. The zero-order valence-corrected chi connectivity index (χ0v) is 21.4. The predicted octanol–water partition coefficient (Wildman–Crippen LogP) is 4.06. The molecule has 4 heterocycles. The third-order valence-corrected chi connectivity index (χ3v) is 7.98. The van der Waals surface area contributed by atoms with Crippen LogP contribution in [0.5, 0.6) is 0 Å². The van der Waals surface area contributed by atoms with E-state index in [1.165, 1.54) is 12.1 Å². The van der Waals surface area contributed by atoms with E-state index < -0.39 is 17.7 Å². The van der Waals surface area contributed by atoms with Crippen molar-refractivity contribution < 1.29 is 23.1 Å². The second-order valence-electron chi connectivity index (χ2n) is 10.7. The maximum absolute atomic E-state index is 13.5. The van der Waals surface area contributed by atoms with Gasteiger partial charge in [-0.1, -0.05) is 0 Å². The molecule has 0 aliphatic carbocycles. The van der Waals surface area contributed by atoms with Gasteiger partial charge in [0.25, 0.3) is 0 Å². The molecule has 2 amide bonds. The van der Waals surface area contributed by atoms with Crippen molar-refractivity contribution in [2.45, 2.75) is 63.6 Å². The number of aromatic nitrogens is 1. The van der Waals surface area contributed by atoms with Crippen LogP contribution in [-0.4, -0.2) is 87.2 Å². The Labute approximate surface area is 209 Å². The van der Waals surface area contributed by atoms with Gasteiger partial charge in [0, 0.05) is 36.9 Å². The molecule has 1 aromatic heterocycles. The van der Waals surface area contributed by atoms with E-state index in [0.717, 1.165) is 38.2 Å². The van der Waals surface area contributed by atoms with E-state index in [0.29, 0.717) is 35.8 Å². The zero-order valence-electron chi connectivity index (χ0n) is 20.5. The van der Waals surface area contributed by atoms with Crippen LogP contribution in [-0.2, 0) is 9.53 Å². The lowest BCUT2D eigenvalue weighted by Gasteiger charge is -2.35. The molecule has 8 nitrogen and oxygen atoms in total. The van der Waals surface area contributed by atoms with Gasteiger partial charge in [-0.3, -0.25) is 14.6 Å². The molecule has 0 bridgehead atoms. The van der Waals surface area contributed by atoms with E-state index >= 15 is 0 Å². The Morgan fingerprint density at radius 3 is 2.66 bits per heavy atom. The summed E-state index contributed by atoms with van der Waals surface area (Å²) in [5.74, 6) is 2.14. The Kier molecular flexibility index (Phi) is 6.69. The average molecular weight is 505 g/mol. The van der Waals surface area contributed by atoms with Crippen molar-refractivity contribution >= 4 is 34.9 Å². The third-order valence-electron chi connectivity index (χ3n) is 7.02. The van der Waals surface area contributed by atoms with Gasteiger partial charge in [-0.15, -0.1) is 11.8 Å². The van der Waals surface area contributed by atoms with Gasteiger partial charge in [-0.05, 0) is 65.3 Å². The number of thioether (sulfide) groups is 1. The lowest BCUT2D eigenvalue weighted by atomic mass is 9.95. The molecule has 0 N–H and O–H groups in total. The number of likely N-dealkylation sites (tertiary alicyclic amines) is 2. The number of rotatable bonds is 3. The minimum Gasteiger partial charge on any atom is -0.444 e. The fourth-order valence-electron chi connectivity index (χ4n) is 5.24. The van der Waals surface area contributed by atoms with Crippen LogP contribution in [0.25, 0.3) is 11.1 Å². The lowest BCUT2D eigenvalue weighted by Crippen LogP contribution is -2.48. The summed E-state index contributed by atoms with van der Waals surface area (Å²) in [4.78, 5) is 36.8. The number of amides is 2. The van der Waals surface area contributed by atoms with Crippen molar-refractivity contribution in [3.8, 4) is 0 Å². The second-order valence-corrected chi connectivity index (χ2v) is 11.7. The summed E-state index contributed by atoms with van der Waals surface area (Å²) < 4.78 is 25.0. The monoisotopic (exact) mass is 504 g/mol. The van der Waals surface area contributed by atoms with Gasteiger partial charge in [0.2, 0.25) is 5.91 Å². The number of benzene rings is 1. The quantitative estimate of drug-likeness (QED) is 0.624. The van der Waals surface area contributed by atoms with Crippen LogP contribution in [0.2, 0.25) is 0 Å². The Hall–Kier alpha value is -2.33. The second kappa shape index (κ2) is 9.61. The molecule has 0 spiro atoms. The maximum Gasteiger partial charge on any atom is 0.411 e. The van der Waals surface area contributed by atoms with Crippen LogP contribution in [0, 0.1) is 5.82 Å². The average Bonchev–Trinajstić information content (AvgIpc) is 3.56. The van der Waals surface area contributed by atoms with Gasteiger partial charge in [-0.2, -0.15) is 0 Å². The molecule has 0 saturated carbocycles. The van der Waals surface area contributed by atoms with E-state index in [4.69, 9.17) is 9.15 Å². The zero-order chi connectivity index (χ0) is 24.7. The first-order valence-corrected chi connectivity index (χ1v) is 13.5. The van der Waals surface area contributed by atoms with Crippen LogP contribution in [0.15, 0.2) is 22.6 Å². The molecule has 2 atom stereocenters. The molecule has 35 heavy (non-hydrogen) atoms. The highest BCUT2D eigenvalue weighted by atomic mass is 32.2. The fourth-order valence-corrected chi connectivity index (χ4v) is 6.19. The Balaban J connectivity index is 1.26. The number of halogens is 1. The highest BCUT2D eigenvalue weighted by molar-refractivity contribution is 7.99. The summed E-state index contributed by atoms with van der Waals surface area (Å²) in [5, 5.41) is 0. The molecule has 2 aromatic rings. The smallest absolute Gasteiger partial charge is 0.411 e. The number of ether oxygens (including phenoxy) is 1. The Morgan fingerprint density at radius 1 is 1.20 bits per heavy atom. The summed E-state index contributed by atoms with van der Waals surface area (Å²) in [6, 6.07) is 4.03. The van der Waals surface area contributed by atoms with Crippen LogP contribution < -0.4 is 0 Å². The first kappa shape index (κ1) is 24.4. The van der Waals surface area contributed by atoms with E-state index in [1.807, 2.05) is 25.7 Å². The molecule has 3 fully saturated rings. The highest BCUT2D eigenvalue weighted by Crippen LogP contribution is 2.34. The summed E-state index contributed by atoms with van der Waals surface area (Å²) >= 11 is 1.74. The maximum atomic E-state index is 13.5. The van der Waals surface area contributed by atoms with Crippen LogP contribution in [0.1, 0.15) is 51.8 Å². The topological polar surface area (TPSA) is 79.1 Å². The number of piperidine rings is 1. The van der Waals surface area contributed by atoms with E-state index in [9.17, 15) is 14.0 Å². The third kappa shape index (κ3) is 5.28. The van der Waals surface area contributed by atoms with Gasteiger partial charge in [0.1, 0.15) is 23.0 Å². The molecule has 5 rings (SSSR count). The van der Waals surface area contributed by atoms with Crippen molar-refractivity contribution in [2.75, 3.05) is 37.8 Å². The molecule has 3 aliphatic heterocycles. The van der Waals surface area contributed by atoms with Crippen molar-refractivity contribution in [3.05, 3.63) is 29.9 Å². The first-order chi connectivity index (χ1) is 16.7. The SMILES string of the molecule is CC(C)(C)OC(=O)N1C[C@@H](N2CCC(c3nc4ccc(F)cc4o3)CC2)C[C@H]1C(=O)N1CCSC1. The van der Waals surface area contributed by atoms with Gasteiger partial charge in [0.15, 0.2) is 11.5 Å². The van der Waals surface area contributed by atoms with Crippen LogP contribution >= 0.6 is 11.8 Å². The van der Waals surface area contributed by atoms with E-state index in [-0.39, 0.29) is 23.7 Å². The van der Waals surface area contributed by atoms with E-state index in [2.05, 4.69) is 9.88 Å². The van der Waals surface area contributed by atoms with E-state index in [1.54, 1.807) is 22.7 Å². The number of nitrogens with zero attached hydrogens (tertiary/aromatic N) is 4. The highest BCUT2D eigenvalue weighted by Gasteiger charge is 2.45. The molecule has 10 heteroatoms. The van der Waals surface area contributed by atoms with Gasteiger partial charge >= 0.3 is 6.09 Å². The number of hydrogen-bond acceptors (Lipinski definition) is 7. The molecule has 3 aliphatic rings. The first-order valence-electron chi connectivity index (χ1n) is 12.3. The molecular weight excluding hydrogens is 471 g/mol. The number of oxazole rings is 1. The van der Waals surface area contributed by atoms with Gasteiger partial charge in [0.05, 0.1) is 5.88 Å². The number of carbonyl (C=O) groups excluding carboxylic acids is 2. The number of hydrogen-bond donors (Lipinski definition) is 0. The molecule has 0 radical (unpaired) electrons. The molecule has 3 saturated heterocycles. The molecule has 0 unspecified atom stereocenters. The summed E-state index contributed by atoms with van der Waals surface area (Å²) in [7, 11) is 0. The molecule has 190 valence electrons. The minimum absolute atomic E-state index is 0.0250. The largest absolute Gasteiger partial charge is 0.444 e. The standard InChI is InChI=1S/C25H33FN4O4S/c1-25(2,3)34-24(32)30-14-18(13-20(30)23(31)29-10-11-35-15-29)28-8-6-16(7-9-28)22-27-19-5-4-17(26)12-21(19)33-22/h4-5,12,16,18,20H,6-11,13-15H2,1-3H3/t18-,20-/m0/s1. The summed E-state index contributed by atoms with van der Waals surface area (Å²) in [6.45, 7) is 8.40. The normalized spacial score (nSPS) is 24.5. The van der Waals surface area contributed by atoms with Crippen molar-refractivity contribution in [1.29, 1.82) is 0 Å². The van der Waals surface area contributed by atoms with Crippen molar-refractivity contribution in [1.82, 2.24) is 19.7 Å². The number of fused-ring (bicyclic) bond motifs is 1. The van der Waals surface area contributed by atoms with Gasteiger partial charge in [-0.25, -0.2) is 14.2 Å². The lowest BCUT2D eigenvalue weighted by molar-refractivity contribution is -0.134. The van der Waals surface area contributed by atoms with Gasteiger partial charge < -0.3 is 14.1 Å². The predicted molar refractivity (Wildman–Crippen MR) is 132 cm³/mol. The number of carbonyl (C=O) groups is 2. The van der Waals surface area contributed by atoms with Crippen LogP contribution in [0.3, 0.4) is 0 Å². The fraction of sp³-hybridized carbons (Fsp3) is 0.640. The molecular formula is C25H33FN4O4S. The summed E-state index contributed by atoms with van der Waals surface area (Å²) in [5.41, 5.74) is 0.536. The van der Waals surface area contributed by atoms with Crippen molar-refractivity contribution in [2.24, 2.45) is 0 Å². The summed E-state index contributed by atoms with van der Waals surface area (Å²) in [6.07, 6.45) is 1.92. The minimum atomic E-state index is -0.618. The van der Waals surface area contributed by atoms with Crippen LogP contribution in [0.4, 0.5) is 9.18 Å².